The molecule has 0 saturated carbocycles. The molecule has 1 fully saturated rings. The lowest BCUT2D eigenvalue weighted by atomic mass is 10.1. The van der Waals surface area contributed by atoms with E-state index in [1.165, 1.54) is 4.90 Å². The number of cyclic esters (lactones) is 1. The van der Waals surface area contributed by atoms with Crippen molar-refractivity contribution in [3.63, 3.8) is 0 Å². The first kappa shape index (κ1) is 11.8. The van der Waals surface area contributed by atoms with Crippen LogP contribution in [0.1, 0.15) is 27.2 Å². The summed E-state index contributed by atoms with van der Waals surface area (Å²) in [5, 5.41) is 8.96. The zero-order valence-corrected chi connectivity index (χ0v) is 9.27. The van der Waals surface area contributed by atoms with Gasteiger partial charge in [0.05, 0.1) is 0 Å². The lowest BCUT2D eigenvalue weighted by Gasteiger charge is -2.20. The van der Waals surface area contributed by atoms with Crippen molar-refractivity contribution in [1.82, 2.24) is 4.90 Å². The number of carbonyl (C=O) groups is 2. The topological polar surface area (TPSA) is 66.8 Å². The van der Waals surface area contributed by atoms with Crippen LogP contribution in [0.15, 0.2) is 0 Å². The van der Waals surface area contributed by atoms with Crippen LogP contribution in [0.3, 0.4) is 0 Å². The number of hydrogen-bond donors (Lipinski definition) is 1. The molecule has 5 nitrogen and oxygen atoms in total. The highest BCUT2D eigenvalue weighted by Gasteiger charge is 2.43. The Kier molecular flexibility index (Phi) is 3.55. The van der Waals surface area contributed by atoms with Gasteiger partial charge in [-0.05, 0) is 19.3 Å². The molecule has 0 aliphatic carbocycles. The van der Waals surface area contributed by atoms with Crippen molar-refractivity contribution in [2.75, 3.05) is 6.54 Å². The van der Waals surface area contributed by atoms with Crippen LogP contribution in [0.2, 0.25) is 0 Å². The van der Waals surface area contributed by atoms with Gasteiger partial charge in [0.15, 0.2) is 6.04 Å². The summed E-state index contributed by atoms with van der Waals surface area (Å²) in [6, 6.07) is -0.837. The number of hydrogen-bond acceptors (Lipinski definition) is 3. The molecular formula is C10H17NO4. The fourth-order valence-electron chi connectivity index (χ4n) is 1.62. The van der Waals surface area contributed by atoms with Gasteiger partial charge in [-0.2, -0.15) is 0 Å². The van der Waals surface area contributed by atoms with Crippen LogP contribution in [0, 0.1) is 5.92 Å². The third kappa shape index (κ3) is 2.61. The van der Waals surface area contributed by atoms with E-state index in [4.69, 9.17) is 9.84 Å². The quantitative estimate of drug-likeness (QED) is 0.768. The normalized spacial score (nSPS) is 25.9. The van der Waals surface area contributed by atoms with Gasteiger partial charge in [-0.25, -0.2) is 9.59 Å². The average molecular weight is 215 g/mol. The van der Waals surface area contributed by atoms with Crippen LogP contribution in [0.25, 0.3) is 0 Å². The van der Waals surface area contributed by atoms with Crippen LogP contribution in [-0.4, -0.2) is 40.8 Å². The van der Waals surface area contributed by atoms with E-state index >= 15 is 0 Å². The predicted molar refractivity (Wildman–Crippen MR) is 53.5 cm³/mol. The molecule has 2 unspecified atom stereocenters. The van der Waals surface area contributed by atoms with Gasteiger partial charge in [0.25, 0.3) is 0 Å². The molecule has 1 heterocycles. The minimum absolute atomic E-state index is 0.433. The van der Waals surface area contributed by atoms with Crippen molar-refractivity contribution in [3.05, 3.63) is 0 Å². The minimum Gasteiger partial charge on any atom is -0.480 e. The Morgan fingerprint density at radius 1 is 1.60 bits per heavy atom. The van der Waals surface area contributed by atoms with Crippen molar-refractivity contribution >= 4 is 12.1 Å². The Morgan fingerprint density at radius 2 is 2.20 bits per heavy atom. The Balaban J connectivity index is 2.66. The summed E-state index contributed by atoms with van der Waals surface area (Å²) in [7, 11) is 0. The zero-order chi connectivity index (χ0) is 11.6. The average Bonchev–Trinajstić information content (AvgIpc) is 2.37. The highest BCUT2D eigenvalue weighted by Crippen LogP contribution is 2.20. The lowest BCUT2D eigenvalue weighted by Crippen LogP contribution is -2.42. The lowest BCUT2D eigenvalue weighted by molar-refractivity contribution is -0.142. The van der Waals surface area contributed by atoms with Crippen LogP contribution in [-0.2, 0) is 9.53 Å². The highest BCUT2D eigenvalue weighted by atomic mass is 16.6. The molecule has 1 saturated heterocycles. The summed E-state index contributed by atoms with van der Waals surface area (Å²) in [4.78, 5) is 23.6. The first-order chi connectivity index (χ1) is 6.93. The molecule has 1 aliphatic rings. The molecule has 0 spiro atoms. The Bertz CT molecular complexity index is 264. The Hall–Kier alpha value is -1.26. The Morgan fingerprint density at radius 3 is 2.67 bits per heavy atom. The maximum Gasteiger partial charge on any atom is 0.411 e. The molecule has 1 rings (SSSR count). The number of rotatable bonds is 4. The molecule has 15 heavy (non-hydrogen) atoms. The maximum atomic E-state index is 11.4. The third-order valence-electron chi connectivity index (χ3n) is 2.50. The van der Waals surface area contributed by atoms with Crippen LogP contribution < -0.4 is 0 Å². The molecule has 0 aromatic rings. The SMILES string of the molecule is CC(C)CCN1C(=O)OC(C)C1C(=O)O. The summed E-state index contributed by atoms with van der Waals surface area (Å²) in [6.45, 7) is 6.10. The molecular weight excluding hydrogens is 198 g/mol. The van der Waals surface area contributed by atoms with E-state index < -0.39 is 24.2 Å². The van der Waals surface area contributed by atoms with Gasteiger partial charge in [0.2, 0.25) is 0 Å². The van der Waals surface area contributed by atoms with Gasteiger partial charge in [0.1, 0.15) is 6.10 Å². The number of carbonyl (C=O) groups excluding carboxylic acids is 1. The fraction of sp³-hybridized carbons (Fsp3) is 0.800. The van der Waals surface area contributed by atoms with Gasteiger partial charge in [-0.15, -0.1) is 0 Å². The molecule has 1 aliphatic heterocycles. The van der Waals surface area contributed by atoms with Crippen molar-refractivity contribution in [1.29, 1.82) is 0 Å². The summed E-state index contributed by atoms with van der Waals surface area (Å²) in [6.07, 6.45) is -0.302. The molecule has 0 radical (unpaired) electrons. The number of aliphatic carboxylic acids is 1. The molecule has 0 bridgehead atoms. The van der Waals surface area contributed by atoms with Gasteiger partial charge in [-0.1, -0.05) is 13.8 Å². The standard InChI is InChI=1S/C10H17NO4/c1-6(2)4-5-11-8(9(12)13)7(3)15-10(11)14/h6-8H,4-5H2,1-3H3,(H,12,13). The van der Waals surface area contributed by atoms with Gasteiger partial charge in [0, 0.05) is 6.54 Å². The van der Waals surface area contributed by atoms with Gasteiger partial charge >= 0.3 is 12.1 Å². The van der Waals surface area contributed by atoms with E-state index in [0.29, 0.717) is 12.5 Å². The number of carboxylic acid groups (broad SMARTS) is 1. The van der Waals surface area contributed by atoms with Crippen LogP contribution in [0.4, 0.5) is 4.79 Å². The largest absolute Gasteiger partial charge is 0.480 e. The molecule has 0 aromatic carbocycles. The highest BCUT2D eigenvalue weighted by molar-refractivity contribution is 5.83. The first-order valence-electron chi connectivity index (χ1n) is 5.13. The second-order valence-electron chi connectivity index (χ2n) is 4.25. The van der Waals surface area contributed by atoms with Crippen molar-refractivity contribution in [2.24, 2.45) is 5.92 Å². The second kappa shape index (κ2) is 4.51. The molecule has 5 heteroatoms. The summed E-state index contributed by atoms with van der Waals surface area (Å²) < 4.78 is 4.89. The number of nitrogens with zero attached hydrogens (tertiary/aromatic N) is 1. The smallest absolute Gasteiger partial charge is 0.411 e. The molecule has 0 aromatic heterocycles. The summed E-state index contributed by atoms with van der Waals surface area (Å²) in [5.41, 5.74) is 0. The molecule has 1 N–H and O–H groups in total. The third-order valence-corrected chi connectivity index (χ3v) is 2.50. The fourth-order valence-corrected chi connectivity index (χ4v) is 1.62. The van der Waals surface area contributed by atoms with Crippen LogP contribution in [0.5, 0.6) is 0 Å². The summed E-state index contributed by atoms with van der Waals surface area (Å²) >= 11 is 0. The Labute approximate surface area is 89.0 Å². The monoisotopic (exact) mass is 215 g/mol. The minimum atomic E-state index is -1.00. The summed E-state index contributed by atoms with van der Waals surface area (Å²) in [5.74, 6) is -0.569. The number of ether oxygens (including phenoxy) is 1. The van der Waals surface area contributed by atoms with E-state index in [9.17, 15) is 9.59 Å². The predicted octanol–water partition coefficient (Wildman–Crippen LogP) is 1.33. The molecule has 86 valence electrons. The van der Waals surface area contributed by atoms with Crippen molar-refractivity contribution < 1.29 is 19.4 Å². The number of amides is 1. The molecule has 2 atom stereocenters. The van der Waals surface area contributed by atoms with E-state index in [-0.39, 0.29) is 0 Å². The number of carboxylic acids is 1. The van der Waals surface area contributed by atoms with Crippen LogP contribution >= 0.6 is 0 Å². The maximum absolute atomic E-state index is 11.4. The van der Waals surface area contributed by atoms with E-state index in [1.807, 2.05) is 13.8 Å². The van der Waals surface area contributed by atoms with Crippen molar-refractivity contribution in [3.8, 4) is 0 Å². The van der Waals surface area contributed by atoms with E-state index in [0.717, 1.165) is 6.42 Å². The molecule has 1 amide bonds. The van der Waals surface area contributed by atoms with Gasteiger partial charge in [-0.3, -0.25) is 4.90 Å². The van der Waals surface area contributed by atoms with Crippen molar-refractivity contribution in [2.45, 2.75) is 39.3 Å². The van der Waals surface area contributed by atoms with E-state index in [1.54, 1.807) is 6.92 Å². The zero-order valence-electron chi connectivity index (χ0n) is 9.27. The second-order valence-corrected chi connectivity index (χ2v) is 4.25. The first-order valence-corrected chi connectivity index (χ1v) is 5.13. The van der Waals surface area contributed by atoms with Gasteiger partial charge < -0.3 is 9.84 Å². The van der Waals surface area contributed by atoms with E-state index in [2.05, 4.69) is 0 Å².